The van der Waals surface area contributed by atoms with Gasteiger partial charge in [-0.05, 0) is 56.4 Å². The lowest BCUT2D eigenvalue weighted by Crippen LogP contribution is -2.41. The van der Waals surface area contributed by atoms with Gasteiger partial charge in [-0.15, -0.1) is 0 Å². The number of halogens is 1. The molecule has 6 nitrogen and oxygen atoms in total. The van der Waals surface area contributed by atoms with Gasteiger partial charge in [0, 0.05) is 12.1 Å². The van der Waals surface area contributed by atoms with Crippen LogP contribution in [0.4, 0.5) is 9.18 Å². The van der Waals surface area contributed by atoms with Crippen LogP contribution in [0.1, 0.15) is 44.4 Å². The van der Waals surface area contributed by atoms with Crippen molar-refractivity contribution in [3.63, 3.8) is 0 Å². The summed E-state index contributed by atoms with van der Waals surface area (Å²) in [6.07, 6.45) is 0.967. The van der Waals surface area contributed by atoms with E-state index in [2.05, 4.69) is 5.32 Å². The fourth-order valence-electron chi connectivity index (χ4n) is 3.15. The number of aliphatic hydroxyl groups excluding tert-OH is 1. The van der Waals surface area contributed by atoms with Gasteiger partial charge in [0.25, 0.3) is 0 Å². The van der Waals surface area contributed by atoms with Crippen molar-refractivity contribution in [3.05, 3.63) is 76.5 Å². The molecule has 0 aliphatic carbocycles. The van der Waals surface area contributed by atoms with Crippen LogP contribution in [0.25, 0.3) is 6.08 Å². The van der Waals surface area contributed by atoms with E-state index in [1.807, 2.05) is 58.0 Å². The molecule has 0 bridgehead atoms. The zero-order valence-corrected chi connectivity index (χ0v) is 18.9. The van der Waals surface area contributed by atoms with E-state index in [1.54, 1.807) is 12.1 Å². The average molecular weight is 441 g/mol. The van der Waals surface area contributed by atoms with E-state index >= 15 is 0 Å². The molecule has 2 N–H and O–H groups in total. The first kappa shape index (κ1) is 24.0. The number of amides is 1. The third-order valence-corrected chi connectivity index (χ3v) is 5.79. The summed E-state index contributed by atoms with van der Waals surface area (Å²) >= 11 is 0. The molecule has 1 heterocycles. The number of ether oxygens (including phenoxy) is 1. The van der Waals surface area contributed by atoms with Crippen molar-refractivity contribution in [2.45, 2.75) is 52.1 Å². The minimum absolute atomic E-state index is 0.0350. The summed E-state index contributed by atoms with van der Waals surface area (Å²) in [7, 11) is -0.786. The quantitative estimate of drug-likeness (QED) is 0.628. The van der Waals surface area contributed by atoms with Crippen LogP contribution < -0.4 is 5.32 Å². The number of nitrogens with one attached hydrogen (secondary N) is 1. The van der Waals surface area contributed by atoms with Gasteiger partial charge in [-0.25, -0.2) is 9.18 Å². The first-order valence-electron chi connectivity index (χ1n) is 10.5. The SMILES string of the molecule is CC1(C)OB(C(=Cc2cc(CO)ccc2F)CNC(=O)OCc2ccccc2)OC1(C)C. The van der Waals surface area contributed by atoms with E-state index in [0.717, 1.165) is 5.56 Å². The second-order valence-corrected chi connectivity index (χ2v) is 8.74. The van der Waals surface area contributed by atoms with Gasteiger partial charge in [-0.1, -0.05) is 42.5 Å². The highest BCUT2D eigenvalue weighted by atomic mass is 19.1. The molecule has 1 fully saturated rings. The molecule has 1 amide bonds. The number of alkyl carbamates (subject to hydrolysis) is 1. The van der Waals surface area contributed by atoms with Crippen molar-refractivity contribution < 1.29 is 28.3 Å². The molecule has 0 saturated carbocycles. The van der Waals surface area contributed by atoms with Crippen LogP contribution in [0.2, 0.25) is 0 Å². The predicted octanol–water partition coefficient (Wildman–Crippen LogP) is 4.26. The summed E-state index contributed by atoms with van der Waals surface area (Å²) in [5, 5.41) is 12.1. The van der Waals surface area contributed by atoms with Crippen molar-refractivity contribution in [3.8, 4) is 0 Å². The number of hydrogen-bond acceptors (Lipinski definition) is 5. The van der Waals surface area contributed by atoms with Gasteiger partial charge in [0.1, 0.15) is 12.4 Å². The first-order chi connectivity index (χ1) is 15.1. The van der Waals surface area contributed by atoms with Crippen molar-refractivity contribution >= 4 is 19.3 Å². The molecule has 1 aliphatic rings. The summed E-state index contributed by atoms with van der Waals surface area (Å²) in [6, 6.07) is 13.7. The van der Waals surface area contributed by atoms with Crippen LogP contribution in [0.3, 0.4) is 0 Å². The average Bonchev–Trinajstić information content (AvgIpc) is 2.98. The smallest absolute Gasteiger partial charge is 0.445 e. The van der Waals surface area contributed by atoms with Crippen LogP contribution in [0, 0.1) is 5.82 Å². The lowest BCUT2D eigenvalue weighted by molar-refractivity contribution is 0.00578. The molecule has 1 aliphatic heterocycles. The van der Waals surface area contributed by atoms with Crippen LogP contribution >= 0.6 is 0 Å². The fraction of sp³-hybridized carbons (Fsp3) is 0.375. The van der Waals surface area contributed by atoms with Gasteiger partial charge in [-0.2, -0.15) is 0 Å². The Morgan fingerprint density at radius 2 is 1.75 bits per heavy atom. The molecule has 0 spiro atoms. The molecule has 2 aromatic carbocycles. The minimum atomic E-state index is -0.786. The van der Waals surface area contributed by atoms with E-state index < -0.39 is 30.2 Å². The van der Waals surface area contributed by atoms with Gasteiger partial charge in [0.05, 0.1) is 17.8 Å². The fourth-order valence-corrected chi connectivity index (χ4v) is 3.15. The Morgan fingerprint density at radius 1 is 1.09 bits per heavy atom. The lowest BCUT2D eigenvalue weighted by atomic mass is 9.77. The Kier molecular flexibility index (Phi) is 7.38. The number of carbonyl (C=O) groups is 1. The monoisotopic (exact) mass is 441 g/mol. The van der Waals surface area contributed by atoms with Gasteiger partial charge >= 0.3 is 13.2 Å². The Hall–Kier alpha value is -2.68. The molecule has 1 saturated heterocycles. The Bertz CT molecular complexity index is 962. The summed E-state index contributed by atoms with van der Waals surface area (Å²) in [5.41, 5.74) is 1.02. The highest BCUT2D eigenvalue weighted by Gasteiger charge is 2.52. The number of rotatable bonds is 7. The van der Waals surface area contributed by atoms with Crippen molar-refractivity contribution in [2.24, 2.45) is 0 Å². The standard InChI is InChI=1S/C24H29BFNO5/c1-23(2)24(3,4)32-25(31-23)20(13-19-12-18(15-28)10-11-21(19)26)14-27-22(29)30-16-17-8-6-5-7-9-17/h5-13,28H,14-16H2,1-4H3,(H,27,29). The van der Waals surface area contributed by atoms with Gasteiger partial charge in [-0.3, -0.25) is 0 Å². The topological polar surface area (TPSA) is 77.0 Å². The zero-order chi connectivity index (χ0) is 23.4. The Morgan fingerprint density at radius 3 is 2.38 bits per heavy atom. The van der Waals surface area contributed by atoms with E-state index in [4.69, 9.17) is 14.0 Å². The normalized spacial score (nSPS) is 17.3. The number of hydrogen-bond donors (Lipinski definition) is 2. The Balaban J connectivity index is 1.77. The second kappa shape index (κ2) is 9.86. The van der Waals surface area contributed by atoms with Gasteiger partial charge < -0.3 is 24.5 Å². The largest absolute Gasteiger partial charge is 0.492 e. The number of aliphatic hydroxyl groups is 1. The lowest BCUT2D eigenvalue weighted by Gasteiger charge is -2.32. The molecular weight excluding hydrogens is 412 g/mol. The van der Waals surface area contributed by atoms with Crippen LogP contribution in [0.15, 0.2) is 54.0 Å². The van der Waals surface area contributed by atoms with E-state index in [0.29, 0.717) is 11.0 Å². The minimum Gasteiger partial charge on any atom is -0.445 e. The van der Waals surface area contributed by atoms with Crippen LogP contribution in [-0.2, 0) is 27.3 Å². The Labute approximate surface area is 188 Å². The zero-order valence-electron chi connectivity index (χ0n) is 18.9. The third kappa shape index (κ3) is 5.76. The van der Waals surface area contributed by atoms with Crippen LogP contribution in [0.5, 0.6) is 0 Å². The maximum Gasteiger partial charge on any atom is 0.492 e. The molecule has 2 aromatic rings. The summed E-state index contributed by atoms with van der Waals surface area (Å²) in [5.74, 6) is -0.456. The number of carbonyl (C=O) groups excluding carboxylic acids is 1. The maximum atomic E-state index is 14.4. The molecule has 0 unspecified atom stereocenters. The van der Waals surface area contributed by atoms with Crippen molar-refractivity contribution in [2.75, 3.05) is 6.54 Å². The van der Waals surface area contributed by atoms with Gasteiger partial charge in [0.15, 0.2) is 0 Å². The highest BCUT2D eigenvalue weighted by molar-refractivity contribution is 6.56. The summed E-state index contributed by atoms with van der Waals surface area (Å²) < 4.78 is 31.9. The summed E-state index contributed by atoms with van der Waals surface area (Å²) in [6.45, 7) is 7.62. The van der Waals surface area contributed by atoms with E-state index in [9.17, 15) is 14.3 Å². The molecule has 3 rings (SSSR count). The maximum absolute atomic E-state index is 14.4. The molecule has 32 heavy (non-hydrogen) atoms. The summed E-state index contributed by atoms with van der Waals surface area (Å²) in [4.78, 5) is 12.3. The highest BCUT2D eigenvalue weighted by Crippen LogP contribution is 2.38. The van der Waals surface area contributed by atoms with Crippen molar-refractivity contribution in [1.82, 2.24) is 5.32 Å². The molecule has 8 heteroatoms. The molecule has 0 aromatic heterocycles. The predicted molar refractivity (Wildman–Crippen MR) is 121 cm³/mol. The molecule has 170 valence electrons. The van der Waals surface area contributed by atoms with Crippen molar-refractivity contribution in [1.29, 1.82) is 0 Å². The van der Waals surface area contributed by atoms with Crippen LogP contribution in [-0.4, -0.2) is 36.1 Å². The number of benzene rings is 2. The van der Waals surface area contributed by atoms with Gasteiger partial charge in [0.2, 0.25) is 0 Å². The molecule has 0 radical (unpaired) electrons. The third-order valence-electron chi connectivity index (χ3n) is 5.79. The molecule has 0 atom stereocenters. The molecular formula is C24H29BFNO5. The van der Waals surface area contributed by atoms with E-state index in [-0.39, 0.29) is 25.3 Å². The second-order valence-electron chi connectivity index (χ2n) is 8.74. The first-order valence-corrected chi connectivity index (χ1v) is 10.5. The van der Waals surface area contributed by atoms with E-state index in [1.165, 1.54) is 12.1 Å².